The Bertz CT molecular complexity index is 660. The van der Waals surface area contributed by atoms with Gasteiger partial charge in [-0.1, -0.05) is 20.8 Å². The lowest BCUT2D eigenvalue weighted by Gasteiger charge is -2.34. The van der Waals surface area contributed by atoms with Gasteiger partial charge in [0.15, 0.2) is 0 Å². The molecule has 4 N–H and O–H groups in total. The summed E-state index contributed by atoms with van der Waals surface area (Å²) < 4.78 is 0. The summed E-state index contributed by atoms with van der Waals surface area (Å²) in [6.45, 7) is 9.52. The van der Waals surface area contributed by atoms with Gasteiger partial charge in [0.2, 0.25) is 5.95 Å². The zero-order chi connectivity index (χ0) is 18.9. The van der Waals surface area contributed by atoms with Crippen LogP contribution in [0, 0.1) is 11.3 Å². The molecule has 26 heavy (non-hydrogen) atoms. The third-order valence-electron chi connectivity index (χ3n) is 5.26. The maximum Gasteiger partial charge on any atom is 0.407 e. The fourth-order valence-electron chi connectivity index (χ4n) is 3.88. The van der Waals surface area contributed by atoms with Crippen molar-refractivity contribution >= 4 is 23.7 Å². The van der Waals surface area contributed by atoms with Gasteiger partial charge in [0.05, 0.1) is 6.04 Å². The van der Waals surface area contributed by atoms with E-state index in [2.05, 4.69) is 41.0 Å². The molecular formula is C18H30N6O2. The molecule has 8 heteroatoms. The number of hydrogen-bond acceptors (Lipinski definition) is 6. The van der Waals surface area contributed by atoms with Crippen LogP contribution in [-0.2, 0) is 0 Å². The van der Waals surface area contributed by atoms with E-state index in [1.54, 1.807) is 4.90 Å². The summed E-state index contributed by atoms with van der Waals surface area (Å²) in [6.07, 6.45) is 2.18. The normalized spacial score (nSPS) is 23.0. The molecule has 3 rings (SSSR count). The second-order valence-electron chi connectivity index (χ2n) is 8.56. The SMILES string of the molecule is CC(C)(C)CCNc1cc(N2CC3CCCN(C(=O)O)C3C2)nc(N)n1. The minimum absolute atomic E-state index is 0.0368. The van der Waals surface area contributed by atoms with Crippen molar-refractivity contribution in [3.63, 3.8) is 0 Å². The number of carbonyl (C=O) groups is 1. The van der Waals surface area contributed by atoms with E-state index in [1.165, 1.54) is 0 Å². The molecule has 3 heterocycles. The van der Waals surface area contributed by atoms with Crippen LogP contribution in [0.2, 0.25) is 0 Å². The van der Waals surface area contributed by atoms with Crippen LogP contribution in [0.4, 0.5) is 22.4 Å². The Labute approximate surface area is 154 Å². The van der Waals surface area contributed by atoms with Crippen molar-refractivity contribution in [3.05, 3.63) is 6.07 Å². The Morgan fingerprint density at radius 2 is 2.15 bits per heavy atom. The molecule has 0 radical (unpaired) electrons. The third kappa shape index (κ3) is 4.28. The fraction of sp³-hybridized carbons (Fsp3) is 0.722. The van der Waals surface area contributed by atoms with Crippen LogP contribution in [0.25, 0.3) is 0 Å². The van der Waals surface area contributed by atoms with Crippen LogP contribution in [0.3, 0.4) is 0 Å². The zero-order valence-electron chi connectivity index (χ0n) is 15.9. The molecule has 2 unspecified atom stereocenters. The zero-order valence-corrected chi connectivity index (χ0v) is 15.9. The molecule has 1 amide bonds. The van der Waals surface area contributed by atoms with Gasteiger partial charge in [-0.25, -0.2) is 4.79 Å². The predicted octanol–water partition coefficient (Wildman–Crippen LogP) is 2.49. The first-order valence-electron chi connectivity index (χ1n) is 9.36. The lowest BCUT2D eigenvalue weighted by molar-refractivity contribution is 0.0965. The van der Waals surface area contributed by atoms with Crippen LogP contribution in [0.15, 0.2) is 6.07 Å². The molecule has 2 aliphatic rings. The van der Waals surface area contributed by atoms with Gasteiger partial charge in [-0.3, -0.25) is 0 Å². The van der Waals surface area contributed by atoms with Gasteiger partial charge in [0.25, 0.3) is 0 Å². The summed E-state index contributed by atoms with van der Waals surface area (Å²) in [5, 5.41) is 12.8. The number of anilines is 3. The van der Waals surface area contributed by atoms with Crippen LogP contribution in [0.1, 0.15) is 40.0 Å². The van der Waals surface area contributed by atoms with E-state index in [1.807, 2.05) is 6.07 Å². The number of nitrogens with one attached hydrogen (secondary N) is 1. The summed E-state index contributed by atoms with van der Waals surface area (Å²) in [6, 6.07) is 1.95. The first kappa shape index (κ1) is 18.5. The maximum absolute atomic E-state index is 11.5. The lowest BCUT2D eigenvalue weighted by Crippen LogP contribution is -2.47. The molecule has 1 aromatic rings. The summed E-state index contributed by atoms with van der Waals surface area (Å²) in [5.41, 5.74) is 6.16. The van der Waals surface area contributed by atoms with E-state index in [-0.39, 0.29) is 17.4 Å². The molecule has 0 spiro atoms. The standard InChI is InChI=1S/C18H30N6O2/c1-18(2,3)6-7-20-14-9-15(22-16(19)21-14)23-10-12-5-4-8-24(17(25)26)13(12)11-23/h9,12-13H,4-8,10-11H2,1-3H3,(H,25,26)(H3,19,20,21,22). The van der Waals surface area contributed by atoms with E-state index in [0.717, 1.165) is 44.0 Å². The second-order valence-corrected chi connectivity index (χ2v) is 8.56. The highest BCUT2D eigenvalue weighted by molar-refractivity contribution is 5.66. The van der Waals surface area contributed by atoms with Crippen molar-refractivity contribution in [3.8, 4) is 0 Å². The van der Waals surface area contributed by atoms with Crippen LogP contribution < -0.4 is 16.0 Å². The Kier molecular flexibility index (Phi) is 5.11. The molecule has 0 saturated carbocycles. The number of nitrogen functional groups attached to an aromatic ring is 1. The number of fused-ring (bicyclic) bond motifs is 1. The Morgan fingerprint density at radius 1 is 1.38 bits per heavy atom. The monoisotopic (exact) mass is 362 g/mol. The molecule has 2 atom stereocenters. The number of nitrogens with two attached hydrogens (primary N) is 1. The van der Waals surface area contributed by atoms with E-state index < -0.39 is 6.09 Å². The van der Waals surface area contributed by atoms with E-state index in [4.69, 9.17) is 5.73 Å². The summed E-state index contributed by atoms with van der Waals surface area (Å²) in [5.74, 6) is 2.09. The molecule has 144 valence electrons. The van der Waals surface area contributed by atoms with Crippen LogP contribution in [0.5, 0.6) is 0 Å². The van der Waals surface area contributed by atoms with Gasteiger partial charge in [0.1, 0.15) is 11.6 Å². The van der Waals surface area contributed by atoms with Gasteiger partial charge in [0, 0.05) is 32.2 Å². The number of piperidine rings is 1. The number of amides is 1. The number of carboxylic acid groups (broad SMARTS) is 1. The predicted molar refractivity (Wildman–Crippen MR) is 102 cm³/mol. The van der Waals surface area contributed by atoms with Gasteiger partial charge in [-0.05, 0) is 30.6 Å². The number of rotatable bonds is 4. The number of aromatic nitrogens is 2. The van der Waals surface area contributed by atoms with Gasteiger partial charge >= 0.3 is 6.09 Å². The molecular weight excluding hydrogens is 332 g/mol. The quantitative estimate of drug-likeness (QED) is 0.755. The minimum Gasteiger partial charge on any atom is -0.465 e. The molecule has 1 aromatic heterocycles. The molecule has 2 aliphatic heterocycles. The highest BCUT2D eigenvalue weighted by Crippen LogP contribution is 2.33. The smallest absolute Gasteiger partial charge is 0.407 e. The average molecular weight is 362 g/mol. The Balaban J connectivity index is 1.70. The Hall–Kier alpha value is -2.25. The minimum atomic E-state index is -0.826. The molecule has 0 bridgehead atoms. The first-order chi connectivity index (χ1) is 12.2. The largest absolute Gasteiger partial charge is 0.465 e. The van der Waals surface area contributed by atoms with Crippen molar-refractivity contribution in [2.24, 2.45) is 11.3 Å². The topological polar surface area (TPSA) is 108 Å². The second kappa shape index (κ2) is 7.17. The van der Waals surface area contributed by atoms with Gasteiger partial charge in [-0.2, -0.15) is 9.97 Å². The number of nitrogens with zero attached hydrogens (tertiary/aromatic N) is 4. The number of hydrogen-bond donors (Lipinski definition) is 3. The molecule has 2 saturated heterocycles. The van der Waals surface area contributed by atoms with E-state index >= 15 is 0 Å². The third-order valence-corrected chi connectivity index (χ3v) is 5.26. The lowest BCUT2D eigenvalue weighted by atomic mass is 9.92. The molecule has 0 aromatic carbocycles. The molecule has 2 fully saturated rings. The van der Waals surface area contributed by atoms with Crippen molar-refractivity contribution < 1.29 is 9.90 Å². The van der Waals surface area contributed by atoms with Crippen molar-refractivity contribution in [1.82, 2.24) is 14.9 Å². The summed E-state index contributed by atoms with van der Waals surface area (Å²) in [7, 11) is 0. The van der Waals surface area contributed by atoms with Crippen molar-refractivity contribution in [2.45, 2.75) is 46.1 Å². The maximum atomic E-state index is 11.5. The fourth-order valence-corrected chi connectivity index (χ4v) is 3.88. The molecule has 8 nitrogen and oxygen atoms in total. The van der Waals surface area contributed by atoms with E-state index in [9.17, 15) is 9.90 Å². The summed E-state index contributed by atoms with van der Waals surface area (Å²) >= 11 is 0. The van der Waals surface area contributed by atoms with Crippen LogP contribution >= 0.6 is 0 Å². The van der Waals surface area contributed by atoms with Crippen molar-refractivity contribution in [1.29, 1.82) is 0 Å². The van der Waals surface area contributed by atoms with Crippen LogP contribution in [-0.4, -0.2) is 58.3 Å². The highest BCUT2D eigenvalue weighted by atomic mass is 16.4. The van der Waals surface area contributed by atoms with Gasteiger partial charge < -0.3 is 26.0 Å². The van der Waals surface area contributed by atoms with E-state index in [0.29, 0.717) is 19.0 Å². The highest BCUT2D eigenvalue weighted by Gasteiger charge is 2.41. The number of likely N-dealkylation sites (tertiary alicyclic amines) is 1. The summed E-state index contributed by atoms with van der Waals surface area (Å²) in [4.78, 5) is 23.9. The average Bonchev–Trinajstić information content (AvgIpc) is 2.97. The Morgan fingerprint density at radius 3 is 2.85 bits per heavy atom. The molecule has 0 aliphatic carbocycles. The van der Waals surface area contributed by atoms with Crippen molar-refractivity contribution in [2.75, 3.05) is 42.1 Å². The van der Waals surface area contributed by atoms with Gasteiger partial charge in [-0.15, -0.1) is 0 Å². The first-order valence-corrected chi connectivity index (χ1v) is 9.36.